The van der Waals surface area contributed by atoms with E-state index in [1.165, 1.54) is 5.56 Å². The van der Waals surface area contributed by atoms with Gasteiger partial charge in [-0.25, -0.2) is 0 Å². The highest BCUT2D eigenvalue weighted by Gasteiger charge is 2.22. The van der Waals surface area contributed by atoms with Crippen LogP contribution in [0.5, 0.6) is 0 Å². The maximum atomic E-state index is 12.5. The van der Waals surface area contributed by atoms with Gasteiger partial charge in [-0.3, -0.25) is 14.5 Å². The molecule has 1 amide bonds. The lowest BCUT2D eigenvalue weighted by Gasteiger charge is -2.34. The number of carbonyl (C=O) groups is 2. The Balaban J connectivity index is 0.00000264. The van der Waals surface area contributed by atoms with Gasteiger partial charge < -0.3 is 10.0 Å². The van der Waals surface area contributed by atoms with Crippen LogP contribution in [0.3, 0.4) is 0 Å². The van der Waals surface area contributed by atoms with Crippen LogP contribution in [-0.4, -0.2) is 59.5 Å². The van der Waals surface area contributed by atoms with E-state index in [0.29, 0.717) is 25.6 Å². The summed E-state index contributed by atoms with van der Waals surface area (Å²) in [6, 6.07) is 7.82. The monoisotopic (exact) mass is 340 g/mol. The maximum Gasteiger partial charge on any atom is 0.304 e. The van der Waals surface area contributed by atoms with Crippen LogP contribution >= 0.6 is 12.4 Å². The van der Waals surface area contributed by atoms with Gasteiger partial charge >= 0.3 is 5.97 Å². The standard InChI is InChI=1S/C17H24N2O3.ClH/c1-13(2)14-3-5-15(6-4-14)17(22)19-11-9-18(10-12-19)8-7-16(20)21;/h3-6,13H,7-12H2,1-2H3,(H,20,21);1H. The van der Waals surface area contributed by atoms with Crippen molar-refractivity contribution in [1.29, 1.82) is 0 Å². The van der Waals surface area contributed by atoms with Crippen LogP contribution in [0.1, 0.15) is 42.1 Å². The van der Waals surface area contributed by atoms with Crippen molar-refractivity contribution >= 4 is 24.3 Å². The Morgan fingerprint density at radius 3 is 2.13 bits per heavy atom. The van der Waals surface area contributed by atoms with Crippen LogP contribution in [0.15, 0.2) is 24.3 Å². The zero-order valence-corrected chi connectivity index (χ0v) is 14.5. The second-order valence-corrected chi connectivity index (χ2v) is 6.05. The lowest BCUT2D eigenvalue weighted by Crippen LogP contribution is -2.49. The highest BCUT2D eigenvalue weighted by molar-refractivity contribution is 5.94. The van der Waals surface area contributed by atoms with Crippen molar-refractivity contribution < 1.29 is 14.7 Å². The first-order valence-corrected chi connectivity index (χ1v) is 7.80. The fourth-order valence-corrected chi connectivity index (χ4v) is 2.62. The summed E-state index contributed by atoms with van der Waals surface area (Å²) in [5.41, 5.74) is 1.96. The summed E-state index contributed by atoms with van der Waals surface area (Å²) in [7, 11) is 0. The minimum absolute atomic E-state index is 0. The van der Waals surface area contributed by atoms with Crippen LogP contribution < -0.4 is 0 Å². The Bertz CT molecular complexity index is 523. The topological polar surface area (TPSA) is 60.9 Å². The molecule has 0 aliphatic carbocycles. The minimum atomic E-state index is -0.774. The largest absolute Gasteiger partial charge is 0.481 e. The molecular weight excluding hydrogens is 316 g/mol. The molecule has 1 N–H and O–H groups in total. The van der Waals surface area contributed by atoms with Gasteiger partial charge in [0.05, 0.1) is 6.42 Å². The van der Waals surface area contributed by atoms with Crippen molar-refractivity contribution in [3.63, 3.8) is 0 Å². The number of benzene rings is 1. The van der Waals surface area contributed by atoms with Crippen LogP contribution in [0.2, 0.25) is 0 Å². The van der Waals surface area contributed by atoms with Crippen molar-refractivity contribution in [2.75, 3.05) is 32.7 Å². The van der Waals surface area contributed by atoms with Gasteiger partial charge in [-0.15, -0.1) is 12.4 Å². The fourth-order valence-electron chi connectivity index (χ4n) is 2.62. The van der Waals surface area contributed by atoms with Gasteiger partial charge in [0.25, 0.3) is 5.91 Å². The number of amides is 1. The van der Waals surface area contributed by atoms with Crippen LogP contribution in [0, 0.1) is 0 Å². The molecule has 0 aromatic heterocycles. The van der Waals surface area contributed by atoms with E-state index in [1.54, 1.807) is 0 Å². The van der Waals surface area contributed by atoms with E-state index in [2.05, 4.69) is 18.7 Å². The molecule has 0 bridgehead atoms. The van der Waals surface area contributed by atoms with Gasteiger partial charge in [-0.05, 0) is 23.6 Å². The van der Waals surface area contributed by atoms with Crippen molar-refractivity contribution in [3.05, 3.63) is 35.4 Å². The van der Waals surface area contributed by atoms with E-state index in [-0.39, 0.29) is 24.7 Å². The first kappa shape index (κ1) is 19.5. The SMILES string of the molecule is CC(C)c1ccc(C(=O)N2CCN(CCC(=O)O)CC2)cc1.Cl. The molecule has 0 spiro atoms. The number of carbonyl (C=O) groups excluding carboxylic acids is 1. The van der Waals surface area contributed by atoms with Gasteiger partial charge in [0.1, 0.15) is 0 Å². The number of carboxylic acid groups (broad SMARTS) is 1. The Morgan fingerprint density at radius 2 is 1.65 bits per heavy atom. The third kappa shape index (κ3) is 5.52. The van der Waals surface area contributed by atoms with Crippen LogP contribution in [0.4, 0.5) is 0 Å². The number of hydrogen-bond donors (Lipinski definition) is 1. The maximum absolute atomic E-state index is 12.5. The molecule has 128 valence electrons. The minimum Gasteiger partial charge on any atom is -0.481 e. The molecule has 23 heavy (non-hydrogen) atoms. The normalized spacial score (nSPS) is 15.3. The van der Waals surface area contributed by atoms with Crippen molar-refractivity contribution in [3.8, 4) is 0 Å². The third-order valence-electron chi connectivity index (χ3n) is 4.13. The Labute approximate surface area is 143 Å². The zero-order valence-electron chi connectivity index (χ0n) is 13.7. The Kier molecular flexibility index (Phi) is 7.52. The molecule has 5 nitrogen and oxygen atoms in total. The van der Waals surface area contributed by atoms with E-state index >= 15 is 0 Å². The van der Waals surface area contributed by atoms with E-state index in [4.69, 9.17) is 5.11 Å². The molecule has 1 aliphatic heterocycles. The van der Waals surface area contributed by atoms with E-state index in [9.17, 15) is 9.59 Å². The molecule has 0 unspecified atom stereocenters. The molecular formula is C17H25ClN2O3. The summed E-state index contributed by atoms with van der Waals surface area (Å²) in [5, 5.41) is 8.70. The van der Waals surface area contributed by atoms with Crippen molar-refractivity contribution in [2.45, 2.75) is 26.2 Å². The molecule has 1 aromatic rings. The predicted molar refractivity (Wildman–Crippen MR) is 92.4 cm³/mol. The lowest BCUT2D eigenvalue weighted by molar-refractivity contribution is -0.137. The summed E-state index contributed by atoms with van der Waals surface area (Å²) in [4.78, 5) is 27.0. The number of aliphatic carboxylic acids is 1. The zero-order chi connectivity index (χ0) is 16.1. The molecule has 6 heteroatoms. The second kappa shape index (κ2) is 8.89. The van der Waals surface area contributed by atoms with Gasteiger partial charge in [0.15, 0.2) is 0 Å². The molecule has 1 saturated heterocycles. The molecule has 0 atom stereocenters. The number of carboxylic acids is 1. The number of nitrogens with zero attached hydrogens (tertiary/aromatic N) is 2. The van der Waals surface area contributed by atoms with E-state index in [1.807, 2.05) is 29.2 Å². The molecule has 1 aromatic carbocycles. The number of halogens is 1. The van der Waals surface area contributed by atoms with Crippen LogP contribution in [0.25, 0.3) is 0 Å². The molecule has 2 rings (SSSR count). The van der Waals surface area contributed by atoms with E-state index < -0.39 is 5.97 Å². The van der Waals surface area contributed by atoms with Gasteiger partial charge in [0, 0.05) is 38.3 Å². The quantitative estimate of drug-likeness (QED) is 0.894. The first-order valence-electron chi connectivity index (χ1n) is 7.80. The Hall–Kier alpha value is -1.59. The highest BCUT2D eigenvalue weighted by atomic mass is 35.5. The van der Waals surface area contributed by atoms with E-state index in [0.717, 1.165) is 18.7 Å². The molecule has 0 radical (unpaired) electrons. The predicted octanol–water partition coefficient (Wildman–Crippen LogP) is 2.46. The summed E-state index contributed by atoms with van der Waals surface area (Å²) in [6.07, 6.45) is 0.157. The Morgan fingerprint density at radius 1 is 1.09 bits per heavy atom. The van der Waals surface area contributed by atoms with Gasteiger partial charge in [-0.1, -0.05) is 26.0 Å². The summed E-state index contributed by atoms with van der Waals surface area (Å²) >= 11 is 0. The fraction of sp³-hybridized carbons (Fsp3) is 0.529. The number of rotatable bonds is 5. The average Bonchev–Trinajstić information content (AvgIpc) is 2.53. The summed E-state index contributed by atoms with van der Waals surface area (Å²) < 4.78 is 0. The molecule has 0 saturated carbocycles. The smallest absolute Gasteiger partial charge is 0.304 e. The first-order chi connectivity index (χ1) is 10.5. The number of hydrogen-bond acceptors (Lipinski definition) is 3. The summed E-state index contributed by atoms with van der Waals surface area (Å²) in [5.74, 6) is -0.251. The number of piperazine rings is 1. The van der Waals surface area contributed by atoms with Crippen molar-refractivity contribution in [2.24, 2.45) is 0 Å². The molecule has 1 aliphatic rings. The average molecular weight is 341 g/mol. The second-order valence-electron chi connectivity index (χ2n) is 6.05. The molecule has 1 heterocycles. The summed E-state index contributed by atoms with van der Waals surface area (Å²) in [6.45, 7) is 7.61. The highest BCUT2D eigenvalue weighted by Crippen LogP contribution is 2.16. The van der Waals surface area contributed by atoms with Gasteiger partial charge in [0.2, 0.25) is 0 Å². The van der Waals surface area contributed by atoms with Crippen LogP contribution in [-0.2, 0) is 4.79 Å². The van der Waals surface area contributed by atoms with Gasteiger partial charge in [-0.2, -0.15) is 0 Å². The lowest BCUT2D eigenvalue weighted by atomic mass is 10.0. The third-order valence-corrected chi connectivity index (χ3v) is 4.13. The molecule has 1 fully saturated rings. The van der Waals surface area contributed by atoms with Crippen molar-refractivity contribution in [1.82, 2.24) is 9.80 Å².